The van der Waals surface area contributed by atoms with Gasteiger partial charge in [0.1, 0.15) is 11.0 Å². The molecule has 0 amide bonds. The Bertz CT molecular complexity index is 639. The van der Waals surface area contributed by atoms with E-state index in [2.05, 4.69) is 4.98 Å². The number of rotatable bonds is 3. The molecule has 0 saturated carbocycles. The Balaban J connectivity index is 2.47. The van der Waals surface area contributed by atoms with Gasteiger partial charge in [-0.15, -0.1) is 0 Å². The Hall–Kier alpha value is -0.990. The summed E-state index contributed by atoms with van der Waals surface area (Å²) in [6.07, 6.45) is 0.484. The Morgan fingerprint density at radius 3 is 2.71 bits per heavy atom. The highest BCUT2D eigenvalue weighted by molar-refractivity contribution is 7.91. The van der Waals surface area contributed by atoms with Crippen LogP contribution in [-0.4, -0.2) is 45.5 Å². The van der Waals surface area contributed by atoms with Crippen LogP contribution in [0.25, 0.3) is 0 Å². The molecule has 0 N–H and O–H groups in total. The van der Waals surface area contributed by atoms with E-state index in [4.69, 9.17) is 16.3 Å². The summed E-state index contributed by atoms with van der Waals surface area (Å²) in [5.74, 6) is 0.219. The van der Waals surface area contributed by atoms with Crippen LogP contribution in [0, 0.1) is 0 Å². The lowest BCUT2D eigenvalue weighted by Gasteiger charge is -2.34. The molecule has 2 rings (SSSR count). The predicted octanol–water partition coefficient (Wildman–Crippen LogP) is 2.05. The number of nitrogens with zero attached hydrogens (tertiary/aromatic N) is 2. The number of aromatic nitrogens is 1. The predicted molar refractivity (Wildman–Crippen MR) is 75.6 cm³/mol. The highest BCUT2D eigenvalue weighted by atomic mass is 35.5. The molecule has 0 unspecified atom stereocenters. The summed E-state index contributed by atoms with van der Waals surface area (Å²) >= 11 is 5.78. The maximum atomic E-state index is 14.0. The molecular formula is C12H15ClF2N2O3S. The molecule has 21 heavy (non-hydrogen) atoms. The van der Waals surface area contributed by atoms with Gasteiger partial charge in [-0.2, -0.15) is 8.78 Å². The molecule has 1 saturated heterocycles. The lowest BCUT2D eigenvalue weighted by molar-refractivity contribution is 0.0908. The number of alkyl halides is 2. The molecule has 9 heteroatoms. The van der Waals surface area contributed by atoms with E-state index in [1.807, 2.05) is 6.92 Å². The first kappa shape index (κ1) is 16.4. The van der Waals surface area contributed by atoms with Crippen molar-refractivity contribution in [1.82, 2.24) is 4.98 Å². The SMILES string of the molecule is C[C@H]1COCCN1c1cc(C(F)(F)S(C)(=O)=O)cc(Cl)n1. The summed E-state index contributed by atoms with van der Waals surface area (Å²) in [5, 5.41) is -4.19. The van der Waals surface area contributed by atoms with Gasteiger partial charge in [0, 0.05) is 18.4 Å². The second-order valence-electron chi connectivity index (χ2n) is 4.94. The van der Waals surface area contributed by atoms with Crippen molar-refractivity contribution in [3.8, 4) is 0 Å². The molecule has 1 aliphatic heterocycles. The lowest BCUT2D eigenvalue weighted by atomic mass is 10.2. The summed E-state index contributed by atoms with van der Waals surface area (Å²) < 4.78 is 55.7. The Kier molecular flexibility index (Phi) is 4.41. The molecule has 1 fully saturated rings. The molecule has 0 aliphatic carbocycles. The number of hydrogen-bond acceptors (Lipinski definition) is 5. The molecule has 0 aromatic carbocycles. The third kappa shape index (κ3) is 3.27. The molecule has 0 spiro atoms. The van der Waals surface area contributed by atoms with Crippen molar-refractivity contribution in [2.24, 2.45) is 0 Å². The molecule has 0 bridgehead atoms. The van der Waals surface area contributed by atoms with Crippen LogP contribution in [0.2, 0.25) is 5.15 Å². The summed E-state index contributed by atoms with van der Waals surface area (Å²) in [5.41, 5.74) is -0.682. The largest absolute Gasteiger partial charge is 0.377 e. The number of ether oxygens (including phenoxy) is 1. The van der Waals surface area contributed by atoms with Crippen LogP contribution in [0.5, 0.6) is 0 Å². The quantitative estimate of drug-likeness (QED) is 0.788. The van der Waals surface area contributed by atoms with E-state index in [-0.39, 0.29) is 17.0 Å². The van der Waals surface area contributed by atoms with Gasteiger partial charge in [-0.25, -0.2) is 13.4 Å². The van der Waals surface area contributed by atoms with Gasteiger partial charge < -0.3 is 9.64 Å². The Morgan fingerprint density at radius 2 is 2.14 bits per heavy atom. The van der Waals surface area contributed by atoms with E-state index >= 15 is 0 Å². The second-order valence-corrected chi connectivity index (χ2v) is 7.39. The number of sulfone groups is 1. The van der Waals surface area contributed by atoms with Crippen LogP contribution in [0.15, 0.2) is 12.1 Å². The highest BCUT2D eigenvalue weighted by Crippen LogP contribution is 2.36. The van der Waals surface area contributed by atoms with Crippen molar-refractivity contribution in [3.05, 3.63) is 22.8 Å². The van der Waals surface area contributed by atoms with Gasteiger partial charge >= 0.3 is 5.25 Å². The van der Waals surface area contributed by atoms with Gasteiger partial charge in [-0.3, -0.25) is 0 Å². The van der Waals surface area contributed by atoms with Gasteiger partial charge in [-0.05, 0) is 19.1 Å². The monoisotopic (exact) mass is 340 g/mol. The maximum Gasteiger partial charge on any atom is 0.370 e. The van der Waals surface area contributed by atoms with E-state index in [1.165, 1.54) is 0 Å². The zero-order chi connectivity index (χ0) is 15.8. The second kappa shape index (κ2) is 5.66. The number of anilines is 1. The van der Waals surface area contributed by atoms with Gasteiger partial charge in [0.05, 0.1) is 19.3 Å². The van der Waals surface area contributed by atoms with E-state index in [0.29, 0.717) is 26.0 Å². The van der Waals surface area contributed by atoms with Crippen LogP contribution >= 0.6 is 11.6 Å². The first-order chi connectivity index (χ1) is 9.63. The first-order valence-electron chi connectivity index (χ1n) is 6.23. The average Bonchev–Trinajstić information content (AvgIpc) is 2.37. The third-order valence-electron chi connectivity index (χ3n) is 3.24. The Morgan fingerprint density at radius 1 is 1.48 bits per heavy atom. The van der Waals surface area contributed by atoms with E-state index < -0.39 is 20.7 Å². The highest BCUT2D eigenvalue weighted by Gasteiger charge is 2.44. The molecule has 0 radical (unpaired) electrons. The van der Waals surface area contributed by atoms with Crippen molar-refractivity contribution < 1.29 is 21.9 Å². The van der Waals surface area contributed by atoms with E-state index in [9.17, 15) is 17.2 Å². The zero-order valence-electron chi connectivity index (χ0n) is 11.5. The van der Waals surface area contributed by atoms with Gasteiger partial charge in [0.15, 0.2) is 0 Å². The van der Waals surface area contributed by atoms with Gasteiger partial charge in [-0.1, -0.05) is 11.6 Å². The van der Waals surface area contributed by atoms with Crippen molar-refractivity contribution in [2.45, 2.75) is 18.2 Å². The van der Waals surface area contributed by atoms with Crippen LogP contribution < -0.4 is 4.90 Å². The minimum Gasteiger partial charge on any atom is -0.377 e. The van der Waals surface area contributed by atoms with E-state index in [0.717, 1.165) is 12.1 Å². The number of morpholine rings is 1. The summed E-state index contributed by atoms with van der Waals surface area (Å²) in [6.45, 7) is 3.21. The van der Waals surface area contributed by atoms with E-state index in [1.54, 1.807) is 4.90 Å². The van der Waals surface area contributed by atoms with Gasteiger partial charge in [0.2, 0.25) is 9.84 Å². The smallest absolute Gasteiger partial charge is 0.370 e. The maximum absolute atomic E-state index is 14.0. The molecule has 1 aromatic rings. The van der Waals surface area contributed by atoms with Crippen molar-refractivity contribution >= 4 is 27.3 Å². The number of pyridine rings is 1. The fourth-order valence-electron chi connectivity index (χ4n) is 2.08. The Labute approximate surface area is 126 Å². The summed E-state index contributed by atoms with van der Waals surface area (Å²) in [4.78, 5) is 5.77. The van der Waals surface area contributed by atoms with Crippen molar-refractivity contribution in [3.63, 3.8) is 0 Å². The number of halogens is 3. The molecule has 5 nitrogen and oxygen atoms in total. The van der Waals surface area contributed by atoms with Crippen LogP contribution in [-0.2, 0) is 19.8 Å². The normalized spacial score (nSPS) is 20.6. The minimum atomic E-state index is -4.60. The first-order valence-corrected chi connectivity index (χ1v) is 8.49. The minimum absolute atomic E-state index is 0.0653. The van der Waals surface area contributed by atoms with Crippen molar-refractivity contribution in [2.75, 3.05) is 30.9 Å². The molecule has 1 aromatic heterocycles. The fourth-order valence-corrected chi connectivity index (χ4v) is 2.83. The molecule has 118 valence electrons. The lowest BCUT2D eigenvalue weighted by Crippen LogP contribution is -2.44. The molecule has 2 heterocycles. The molecule has 1 aliphatic rings. The van der Waals surface area contributed by atoms with Crippen LogP contribution in [0.3, 0.4) is 0 Å². The fraction of sp³-hybridized carbons (Fsp3) is 0.583. The van der Waals surface area contributed by atoms with Crippen molar-refractivity contribution in [1.29, 1.82) is 0 Å². The molecule has 1 atom stereocenters. The average molecular weight is 341 g/mol. The molecular weight excluding hydrogens is 326 g/mol. The summed E-state index contributed by atoms with van der Waals surface area (Å²) in [6, 6.07) is 1.87. The summed E-state index contributed by atoms with van der Waals surface area (Å²) in [7, 11) is -4.60. The third-order valence-corrected chi connectivity index (χ3v) is 4.60. The topological polar surface area (TPSA) is 59.5 Å². The van der Waals surface area contributed by atoms with Crippen LogP contribution in [0.4, 0.5) is 14.6 Å². The number of hydrogen-bond donors (Lipinski definition) is 0. The standard InChI is InChI=1S/C12H15ClF2N2O3S/c1-8-7-20-4-3-17(8)11-6-9(5-10(13)16-11)12(14,15)21(2,18)19/h5-6,8H,3-4,7H2,1-2H3/t8-/m0/s1. The van der Waals surface area contributed by atoms with Gasteiger partial charge in [0.25, 0.3) is 0 Å². The zero-order valence-corrected chi connectivity index (χ0v) is 13.1. The van der Waals surface area contributed by atoms with Crippen LogP contribution in [0.1, 0.15) is 12.5 Å².